The highest BCUT2D eigenvalue weighted by Gasteiger charge is 2.13. The molecule has 0 unspecified atom stereocenters. The lowest BCUT2D eigenvalue weighted by molar-refractivity contribution is -0.385. The van der Waals surface area contributed by atoms with Gasteiger partial charge in [0.1, 0.15) is 11.6 Å². The van der Waals surface area contributed by atoms with Crippen LogP contribution in [-0.4, -0.2) is 31.2 Å². The molecule has 0 aliphatic rings. The van der Waals surface area contributed by atoms with E-state index in [1.165, 1.54) is 48.7 Å². The standard InChI is InChI=1S/C24H20F2N8O3/c25-18-6-1-15(2-7-18)12-27-22-30-23(28-13-16-3-8-19(26)9-4-16)32-24(31-22)33-29-14-17-5-10-21(35)20(11-17)34(36)37/h1-11,14,35H,12-13H2,(H3,27,28,30,31,32,33)/b29-14+. The summed E-state index contributed by atoms with van der Waals surface area (Å²) in [4.78, 5) is 23.1. The lowest BCUT2D eigenvalue weighted by atomic mass is 10.2. The Kier molecular flexibility index (Phi) is 7.73. The molecule has 0 saturated carbocycles. The minimum absolute atomic E-state index is 0.0581. The molecule has 0 bridgehead atoms. The smallest absolute Gasteiger partial charge is 0.311 e. The Hall–Kier alpha value is -5.20. The summed E-state index contributed by atoms with van der Waals surface area (Å²) in [6.07, 6.45) is 1.30. The summed E-state index contributed by atoms with van der Waals surface area (Å²) < 4.78 is 26.4. The maximum Gasteiger partial charge on any atom is 0.311 e. The predicted octanol–water partition coefficient (Wildman–Crippen LogP) is 4.43. The summed E-state index contributed by atoms with van der Waals surface area (Å²) >= 11 is 0. The third-order valence-corrected chi connectivity index (χ3v) is 4.94. The number of phenolic OH excluding ortho intramolecular Hbond substituents is 1. The summed E-state index contributed by atoms with van der Waals surface area (Å²) in [6, 6.07) is 15.7. The Morgan fingerprint density at radius 3 is 1.86 bits per heavy atom. The number of hydrogen-bond donors (Lipinski definition) is 4. The van der Waals surface area contributed by atoms with Crippen molar-refractivity contribution in [3.05, 3.63) is 105 Å². The molecule has 1 heterocycles. The average Bonchev–Trinajstić information content (AvgIpc) is 2.89. The molecule has 0 aliphatic heterocycles. The van der Waals surface area contributed by atoms with E-state index >= 15 is 0 Å². The third-order valence-electron chi connectivity index (χ3n) is 4.94. The van der Waals surface area contributed by atoms with Crippen LogP contribution in [-0.2, 0) is 13.1 Å². The molecule has 4 rings (SSSR count). The zero-order chi connectivity index (χ0) is 26.2. The normalized spacial score (nSPS) is 10.9. The van der Waals surface area contributed by atoms with Crippen LogP contribution in [0.5, 0.6) is 5.75 Å². The van der Waals surface area contributed by atoms with E-state index in [-0.39, 0.29) is 29.5 Å². The molecule has 0 spiro atoms. The van der Waals surface area contributed by atoms with Gasteiger partial charge in [-0.15, -0.1) is 0 Å². The molecule has 13 heteroatoms. The lowest BCUT2D eigenvalue weighted by Gasteiger charge is -2.10. The first-order valence-corrected chi connectivity index (χ1v) is 10.8. The van der Waals surface area contributed by atoms with Gasteiger partial charge in [0, 0.05) is 24.7 Å². The fourth-order valence-corrected chi connectivity index (χ4v) is 3.08. The van der Waals surface area contributed by atoms with E-state index in [1.54, 1.807) is 24.3 Å². The first kappa shape index (κ1) is 24.9. The average molecular weight is 506 g/mol. The van der Waals surface area contributed by atoms with E-state index in [1.807, 2.05) is 0 Å². The van der Waals surface area contributed by atoms with E-state index in [0.717, 1.165) is 11.1 Å². The number of nitro groups is 1. The molecular weight excluding hydrogens is 486 g/mol. The minimum atomic E-state index is -0.704. The topological polar surface area (TPSA) is 150 Å². The molecule has 188 valence electrons. The summed E-state index contributed by atoms with van der Waals surface area (Å²) in [7, 11) is 0. The van der Waals surface area contributed by atoms with Gasteiger partial charge < -0.3 is 15.7 Å². The number of aromatic hydroxyl groups is 1. The van der Waals surface area contributed by atoms with Crippen LogP contribution in [0.4, 0.5) is 32.3 Å². The second-order valence-electron chi connectivity index (χ2n) is 7.64. The van der Waals surface area contributed by atoms with Crippen molar-refractivity contribution in [2.75, 3.05) is 16.1 Å². The highest BCUT2D eigenvalue weighted by atomic mass is 19.1. The Labute approximate surface area is 209 Å². The summed E-state index contributed by atoms with van der Waals surface area (Å²) in [6.45, 7) is 0.614. The van der Waals surface area contributed by atoms with Crippen molar-refractivity contribution in [1.29, 1.82) is 0 Å². The quantitative estimate of drug-likeness (QED) is 0.139. The largest absolute Gasteiger partial charge is 0.502 e. The summed E-state index contributed by atoms with van der Waals surface area (Å²) in [5, 5.41) is 30.7. The van der Waals surface area contributed by atoms with Gasteiger partial charge in [0.2, 0.25) is 17.8 Å². The SMILES string of the molecule is O=[N+]([O-])c1cc(/C=N/Nc2nc(NCc3ccc(F)cc3)nc(NCc3ccc(F)cc3)n2)ccc1O. The number of aromatic nitrogens is 3. The van der Waals surface area contributed by atoms with Gasteiger partial charge in [-0.2, -0.15) is 20.1 Å². The molecular formula is C24H20F2N8O3. The highest BCUT2D eigenvalue weighted by Crippen LogP contribution is 2.25. The number of anilines is 3. The molecule has 0 saturated heterocycles. The number of hydrogen-bond acceptors (Lipinski definition) is 10. The Morgan fingerprint density at radius 1 is 0.838 bits per heavy atom. The molecule has 0 fully saturated rings. The third kappa shape index (κ3) is 7.14. The van der Waals surface area contributed by atoms with Gasteiger partial charge in [-0.1, -0.05) is 24.3 Å². The molecule has 0 radical (unpaired) electrons. The van der Waals surface area contributed by atoms with Crippen molar-refractivity contribution in [2.45, 2.75) is 13.1 Å². The number of phenols is 1. The summed E-state index contributed by atoms with van der Waals surface area (Å²) in [5.74, 6) is -0.708. The van der Waals surface area contributed by atoms with E-state index in [4.69, 9.17) is 0 Å². The maximum absolute atomic E-state index is 13.2. The second kappa shape index (κ2) is 11.5. The van der Waals surface area contributed by atoms with E-state index in [9.17, 15) is 24.0 Å². The summed E-state index contributed by atoms with van der Waals surface area (Å²) in [5.41, 5.74) is 4.14. The molecule has 4 aromatic rings. The molecule has 0 aliphatic carbocycles. The van der Waals surface area contributed by atoms with Gasteiger partial charge in [-0.3, -0.25) is 10.1 Å². The van der Waals surface area contributed by atoms with E-state index < -0.39 is 16.4 Å². The number of halogens is 2. The molecule has 0 atom stereocenters. The number of nitrogens with zero attached hydrogens (tertiary/aromatic N) is 5. The maximum atomic E-state index is 13.2. The number of nitro benzene ring substituents is 1. The van der Waals surface area contributed by atoms with Crippen LogP contribution in [0.1, 0.15) is 16.7 Å². The van der Waals surface area contributed by atoms with Gasteiger partial charge >= 0.3 is 5.69 Å². The van der Waals surface area contributed by atoms with Crippen molar-refractivity contribution in [1.82, 2.24) is 15.0 Å². The zero-order valence-corrected chi connectivity index (χ0v) is 19.1. The van der Waals surface area contributed by atoms with Gasteiger partial charge in [-0.25, -0.2) is 14.2 Å². The molecule has 1 aromatic heterocycles. The molecule has 11 nitrogen and oxygen atoms in total. The molecule has 37 heavy (non-hydrogen) atoms. The van der Waals surface area contributed by atoms with E-state index in [2.05, 4.69) is 36.1 Å². The van der Waals surface area contributed by atoms with Gasteiger partial charge in [0.05, 0.1) is 11.1 Å². The van der Waals surface area contributed by atoms with Gasteiger partial charge in [-0.05, 0) is 47.5 Å². The van der Waals surface area contributed by atoms with Crippen molar-refractivity contribution >= 4 is 29.7 Å². The van der Waals surface area contributed by atoms with Gasteiger partial charge in [0.15, 0.2) is 5.75 Å². The lowest BCUT2D eigenvalue weighted by Crippen LogP contribution is -2.11. The first-order chi connectivity index (χ1) is 17.9. The number of rotatable bonds is 10. The van der Waals surface area contributed by atoms with Crippen LogP contribution >= 0.6 is 0 Å². The fraction of sp³-hybridized carbons (Fsp3) is 0.0833. The predicted molar refractivity (Wildman–Crippen MR) is 133 cm³/mol. The van der Waals surface area contributed by atoms with Crippen LogP contribution in [0.25, 0.3) is 0 Å². The number of hydrazone groups is 1. The minimum Gasteiger partial charge on any atom is -0.502 e. The van der Waals surface area contributed by atoms with Crippen LogP contribution in [0.3, 0.4) is 0 Å². The van der Waals surface area contributed by atoms with Crippen LogP contribution in [0, 0.1) is 21.7 Å². The van der Waals surface area contributed by atoms with Crippen molar-refractivity contribution < 1.29 is 18.8 Å². The molecule has 3 aromatic carbocycles. The van der Waals surface area contributed by atoms with Crippen LogP contribution in [0.2, 0.25) is 0 Å². The number of benzene rings is 3. The highest BCUT2D eigenvalue weighted by molar-refractivity contribution is 5.81. The monoisotopic (exact) mass is 506 g/mol. The van der Waals surface area contributed by atoms with Crippen LogP contribution < -0.4 is 16.1 Å². The fourth-order valence-electron chi connectivity index (χ4n) is 3.08. The van der Waals surface area contributed by atoms with Crippen molar-refractivity contribution in [3.63, 3.8) is 0 Å². The van der Waals surface area contributed by atoms with Gasteiger partial charge in [0.25, 0.3) is 0 Å². The van der Waals surface area contributed by atoms with E-state index in [0.29, 0.717) is 18.7 Å². The van der Waals surface area contributed by atoms with Crippen molar-refractivity contribution in [3.8, 4) is 5.75 Å². The van der Waals surface area contributed by atoms with Crippen LogP contribution in [0.15, 0.2) is 71.8 Å². The van der Waals surface area contributed by atoms with Crippen molar-refractivity contribution in [2.24, 2.45) is 5.10 Å². The molecule has 4 N–H and O–H groups in total. The number of nitrogens with one attached hydrogen (secondary N) is 3. The zero-order valence-electron chi connectivity index (χ0n) is 19.1. The Morgan fingerprint density at radius 2 is 1.35 bits per heavy atom. The second-order valence-corrected chi connectivity index (χ2v) is 7.64. The Balaban J connectivity index is 1.51. The molecule has 0 amide bonds. The Bertz CT molecular complexity index is 1350. The first-order valence-electron chi connectivity index (χ1n) is 10.8.